The zero-order chi connectivity index (χ0) is 14.7. The first-order chi connectivity index (χ1) is 10.2. The minimum Gasteiger partial charge on any atom is -0.339 e. The van der Waals surface area contributed by atoms with Crippen molar-refractivity contribution in [1.29, 1.82) is 0 Å². The predicted molar refractivity (Wildman–Crippen MR) is 86.9 cm³/mol. The lowest BCUT2D eigenvalue weighted by Crippen LogP contribution is -2.44. The van der Waals surface area contributed by atoms with Crippen molar-refractivity contribution in [3.8, 4) is 0 Å². The van der Waals surface area contributed by atoms with Crippen molar-refractivity contribution < 1.29 is 4.79 Å². The van der Waals surface area contributed by atoms with Crippen LogP contribution in [0.3, 0.4) is 0 Å². The molecule has 1 aliphatic carbocycles. The number of likely N-dealkylation sites (tertiary alicyclic amines) is 1. The fraction of sp³-hybridized carbons (Fsp3) is 0.526. The van der Waals surface area contributed by atoms with Gasteiger partial charge in [-0.1, -0.05) is 42.0 Å². The zero-order valence-electron chi connectivity index (χ0n) is 12.9. The van der Waals surface area contributed by atoms with E-state index in [1.807, 2.05) is 0 Å². The van der Waals surface area contributed by atoms with Crippen LogP contribution in [-0.2, 0) is 4.79 Å². The second kappa shape index (κ2) is 6.46. The first-order valence-electron chi connectivity index (χ1n) is 8.28. The van der Waals surface area contributed by atoms with Gasteiger partial charge in [-0.3, -0.25) is 4.79 Å². The highest BCUT2D eigenvalue weighted by atomic mass is 16.2. The van der Waals surface area contributed by atoms with Crippen LogP contribution in [0.5, 0.6) is 0 Å². The summed E-state index contributed by atoms with van der Waals surface area (Å²) in [5, 5.41) is 0. The Balaban J connectivity index is 1.59. The summed E-state index contributed by atoms with van der Waals surface area (Å²) in [6.07, 6.45) is 11.3. The molecule has 2 heteroatoms. The molecule has 1 aliphatic heterocycles. The second-order valence-corrected chi connectivity index (χ2v) is 6.50. The van der Waals surface area contributed by atoms with Crippen LogP contribution < -0.4 is 0 Å². The molecule has 2 fully saturated rings. The summed E-state index contributed by atoms with van der Waals surface area (Å²) in [5.41, 5.74) is 2.54. The summed E-state index contributed by atoms with van der Waals surface area (Å²) in [5.74, 6) is 0.773. The van der Waals surface area contributed by atoms with Crippen LogP contribution in [0.15, 0.2) is 30.3 Å². The van der Waals surface area contributed by atoms with Gasteiger partial charge in [-0.2, -0.15) is 0 Å². The lowest BCUT2D eigenvalue weighted by atomic mass is 9.98. The molecule has 1 saturated carbocycles. The van der Waals surface area contributed by atoms with Gasteiger partial charge in [0.2, 0.25) is 5.91 Å². The molecule has 3 rings (SSSR count). The molecular formula is C19H25NO. The van der Waals surface area contributed by atoms with Crippen LogP contribution in [0.2, 0.25) is 0 Å². The maximum Gasteiger partial charge on any atom is 0.225 e. The number of rotatable bonds is 4. The first-order valence-corrected chi connectivity index (χ1v) is 8.28. The van der Waals surface area contributed by atoms with Crippen LogP contribution in [0.4, 0.5) is 0 Å². The minimum atomic E-state index is 0.353. The molecule has 1 atom stereocenters. The minimum absolute atomic E-state index is 0.353. The molecule has 1 aromatic carbocycles. The summed E-state index contributed by atoms with van der Waals surface area (Å²) in [4.78, 5) is 14.5. The van der Waals surface area contributed by atoms with Crippen LogP contribution >= 0.6 is 0 Å². The van der Waals surface area contributed by atoms with Crippen molar-refractivity contribution in [3.05, 3.63) is 41.5 Å². The van der Waals surface area contributed by atoms with Crippen LogP contribution in [0.25, 0.3) is 6.08 Å². The largest absolute Gasteiger partial charge is 0.339 e. The van der Waals surface area contributed by atoms with E-state index in [1.165, 1.54) is 24.0 Å². The number of aryl methyl sites for hydroxylation is 1. The Morgan fingerprint density at radius 2 is 1.95 bits per heavy atom. The van der Waals surface area contributed by atoms with Crippen molar-refractivity contribution in [2.75, 3.05) is 6.54 Å². The molecule has 21 heavy (non-hydrogen) atoms. The maximum absolute atomic E-state index is 12.3. The molecule has 112 valence electrons. The molecule has 1 heterocycles. The molecular weight excluding hydrogens is 258 g/mol. The molecule has 0 radical (unpaired) electrons. The van der Waals surface area contributed by atoms with Crippen molar-refractivity contribution in [2.24, 2.45) is 5.92 Å². The van der Waals surface area contributed by atoms with Crippen molar-refractivity contribution >= 4 is 12.0 Å². The topological polar surface area (TPSA) is 20.3 Å². The number of hydrogen-bond acceptors (Lipinski definition) is 1. The molecule has 0 aromatic heterocycles. The number of amides is 1. The fourth-order valence-electron chi connectivity index (χ4n) is 3.14. The number of hydrogen-bond donors (Lipinski definition) is 0. The maximum atomic E-state index is 12.3. The zero-order valence-corrected chi connectivity index (χ0v) is 12.9. The lowest BCUT2D eigenvalue weighted by Gasteiger charge is -2.35. The summed E-state index contributed by atoms with van der Waals surface area (Å²) in [7, 11) is 0. The Labute approximate surface area is 127 Å². The quantitative estimate of drug-likeness (QED) is 0.811. The monoisotopic (exact) mass is 283 g/mol. The Morgan fingerprint density at radius 3 is 2.67 bits per heavy atom. The third kappa shape index (κ3) is 3.75. The molecule has 1 amide bonds. The van der Waals surface area contributed by atoms with Crippen LogP contribution in [0.1, 0.15) is 49.7 Å². The number of piperidine rings is 1. The summed E-state index contributed by atoms with van der Waals surface area (Å²) >= 11 is 0. The van der Waals surface area contributed by atoms with Gasteiger partial charge >= 0.3 is 0 Å². The van der Waals surface area contributed by atoms with Gasteiger partial charge in [0.15, 0.2) is 0 Å². The molecule has 1 saturated heterocycles. The third-order valence-corrected chi connectivity index (χ3v) is 4.63. The molecule has 0 N–H and O–H groups in total. The Bertz CT molecular complexity index is 513. The van der Waals surface area contributed by atoms with E-state index in [4.69, 9.17) is 0 Å². The van der Waals surface area contributed by atoms with Gasteiger partial charge in [-0.05, 0) is 51.0 Å². The van der Waals surface area contributed by atoms with E-state index in [1.54, 1.807) is 0 Å². The van der Waals surface area contributed by atoms with E-state index in [9.17, 15) is 4.79 Å². The van der Waals surface area contributed by atoms with Crippen LogP contribution in [0, 0.1) is 12.8 Å². The van der Waals surface area contributed by atoms with Crippen LogP contribution in [-0.4, -0.2) is 23.4 Å². The van der Waals surface area contributed by atoms with Gasteiger partial charge in [-0.15, -0.1) is 0 Å². The SMILES string of the molecule is Cc1ccc(/C=C/CC2CCCCN2C(=O)C2CC2)cc1. The Morgan fingerprint density at radius 1 is 1.19 bits per heavy atom. The Hall–Kier alpha value is -1.57. The summed E-state index contributed by atoms with van der Waals surface area (Å²) in [6, 6.07) is 9.01. The molecule has 0 bridgehead atoms. The third-order valence-electron chi connectivity index (χ3n) is 4.63. The van der Waals surface area contributed by atoms with E-state index in [0.29, 0.717) is 17.9 Å². The van der Waals surface area contributed by atoms with Gasteiger partial charge in [0, 0.05) is 18.5 Å². The number of nitrogens with zero attached hydrogens (tertiary/aromatic N) is 1. The number of benzene rings is 1. The lowest BCUT2D eigenvalue weighted by molar-refractivity contribution is -0.136. The molecule has 1 unspecified atom stereocenters. The molecule has 0 spiro atoms. The van der Waals surface area contributed by atoms with Gasteiger partial charge in [0.25, 0.3) is 0 Å². The van der Waals surface area contributed by atoms with Gasteiger partial charge < -0.3 is 4.90 Å². The molecule has 2 nitrogen and oxygen atoms in total. The van der Waals surface area contributed by atoms with E-state index < -0.39 is 0 Å². The average molecular weight is 283 g/mol. The molecule has 1 aromatic rings. The highest BCUT2D eigenvalue weighted by Gasteiger charge is 2.36. The fourth-order valence-corrected chi connectivity index (χ4v) is 3.14. The van der Waals surface area contributed by atoms with Gasteiger partial charge in [-0.25, -0.2) is 0 Å². The standard InChI is InChI=1S/C19H25NO/c1-15-8-10-16(11-9-15)5-4-7-18-6-2-3-14-20(18)19(21)17-12-13-17/h4-5,8-11,17-18H,2-3,6-7,12-14H2,1H3/b5-4+. The van der Waals surface area contributed by atoms with E-state index >= 15 is 0 Å². The number of carbonyl (C=O) groups excluding carboxylic acids is 1. The Kier molecular flexibility index (Phi) is 4.42. The van der Waals surface area contributed by atoms with Crippen molar-refractivity contribution in [2.45, 2.75) is 51.5 Å². The summed E-state index contributed by atoms with van der Waals surface area (Å²) in [6.45, 7) is 3.08. The average Bonchev–Trinajstić information content (AvgIpc) is 3.34. The van der Waals surface area contributed by atoms with Crippen molar-refractivity contribution in [3.63, 3.8) is 0 Å². The van der Waals surface area contributed by atoms with E-state index in [0.717, 1.165) is 32.2 Å². The summed E-state index contributed by atoms with van der Waals surface area (Å²) < 4.78 is 0. The van der Waals surface area contributed by atoms with Crippen molar-refractivity contribution in [1.82, 2.24) is 4.90 Å². The predicted octanol–water partition coefficient (Wildman–Crippen LogP) is 4.19. The smallest absolute Gasteiger partial charge is 0.225 e. The molecule has 2 aliphatic rings. The van der Waals surface area contributed by atoms with Gasteiger partial charge in [0.1, 0.15) is 0 Å². The highest BCUT2D eigenvalue weighted by molar-refractivity contribution is 5.81. The van der Waals surface area contributed by atoms with E-state index in [2.05, 4.69) is 48.2 Å². The van der Waals surface area contributed by atoms with E-state index in [-0.39, 0.29) is 0 Å². The normalized spacial score (nSPS) is 22.7. The first kappa shape index (κ1) is 14.4. The highest BCUT2D eigenvalue weighted by Crippen LogP contribution is 2.33. The number of carbonyl (C=O) groups is 1. The van der Waals surface area contributed by atoms with Gasteiger partial charge in [0.05, 0.1) is 0 Å². The second-order valence-electron chi connectivity index (χ2n) is 6.50.